The van der Waals surface area contributed by atoms with Crippen LogP contribution in [-0.2, 0) is 28.8 Å². The third-order valence-electron chi connectivity index (χ3n) is 5.70. The van der Waals surface area contributed by atoms with Crippen molar-refractivity contribution in [3.8, 4) is 0 Å². The number of guanidine groups is 1. The van der Waals surface area contributed by atoms with E-state index in [0.29, 0.717) is 6.42 Å². The third-order valence-corrected chi connectivity index (χ3v) is 5.70. The van der Waals surface area contributed by atoms with E-state index in [0.717, 1.165) is 0 Å². The lowest BCUT2D eigenvalue weighted by Gasteiger charge is -2.28. The van der Waals surface area contributed by atoms with E-state index in [1.54, 1.807) is 13.8 Å². The maximum absolute atomic E-state index is 13.2. The topological polar surface area (TPSA) is 301 Å². The fraction of sp³-hybridized carbons (Fsp3) is 0.682. The van der Waals surface area contributed by atoms with Crippen LogP contribution in [0.4, 0.5) is 0 Å². The Balaban J connectivity index is 5.69. The molecule has 0 saturated heterocycles. The minimum atomic E-state index is -1.43. The van der Waals surface area contributed by atoms with Gasteiger partial charge in [0.15, 0.2) is 5.96 Å². The van der Waals surface area contributed by atoms with Crippen molar-refractivity contribution in [2.24, 2.45) is 39.6 Å². The third kappa shape index (κ3) is 14.0. The summed E-state index contributed by atoms with van der Waals surface area (Å²) < 4.78 is 0. The summed E-state index contributed by atoms with van der Waals surface area (Å²) in [6, 6.07) is -4.84. The fourth-order valence-corrected chi connectivity index (χ4v) is 3.24. The monoisotopic (exact) mass is 543 g/mol. The number of rotatable bonds is 19. The lowest BCUT2D eigenvalue weighted by molar-refractivity contribution is -0.142. The van der Waals surface area contributed by atoms with Crippen molar-refractivity contribution in [2.75, 3.05) is 6.54 Å². The molecule has 0 radical (unpaired) electrons. The normalized spacial score (nSPS) is 14.6. The molecule has 0 aliphatic rings. The number of hydrogen-bond donors (Lipinski definition) is 9. The Hall–Kier alpha value is -3.95. The first-order chi connectivity index (χ1) is 17.7. The van der Waals surface area contributed by atoms with Crippen LogP contribution in [0.3, 0.4) is 0 Å². The number of amides is 5. The van der Waals surface area contributed by atoms with Gasteiger partial charge < -0.3 is 49.7 Å². The zero-order valence-corrected chi connectivity index (χ0v) is 21.8. The Labute approximate surface area is 220 Å². The number of carbonyl (C=O) groups excluding carboxylic acids is 5. The number of carboxylic acids is 1. The van der Waals surface area contributed by atoms with Gasteiger partial charge in [0, 0.05) is 19.4 Å². The Morgan fingerprint density at radius 2 is 1.34 bits per heavy atom. The number of aliphatic imine (C=N–C) groups is 1. The van der Waals surface area contributed by atoms with Gasteiger partial charge in [-0.05, 0) is 31.6 Å². The van der Waals surface area contributed by atoms with Crippen LogP contribution in [0.15, 0.2) is 4.99 Å². The summed E-state index contributed by atoms with van der Waals surface area (Å²) in [7, 11) is 0. The first-order valence-electron chi connectivity index (χ1n) is 12.2. The van der Waals surface area contributed by atoms with Crippen molar-refractivity contribution in [3.63, 3.8) is 0 Å². The second-order valence-electron chi connectivity index (χ2n) is 8.90. The van der Waals surface area contributed by atoms with Crippen LogP contribution in [-0.4, -0.2) is 77.3 Å². The van der Waals surface area contributed by atoms with E-state index >= 15 is 0 Å². The quantitative estimate of drug-likeness (QED) is 0.0439. The highest BCUT2D eigenvalue weighted by atomic mass is 16.4. The maximum atomic E-state index is 13.2. The number of nitrogens with two attached hydrogens (primary N) is 5. The Morgan fingerprint density at radius 3 is 1.84 bits per heavy atom. The number of primary amides is 2. The highest BCUT2D eigenvalue weighted by Gasteiger charge is 2.32. The standard InChI is InChI=1S/C22H41N9O7/c1-3-11(2)17(31-18(34)12(23)6-8-15(24)32)20(36)29-13(5-4-10-28-22(26)27)19(35)30-14(21(37)38)7-9-16(25)33/h11-14,17H,3-10,23H2,1-2H3,(H2,24,32)(H2,25,33)(H,29,36)(H,30,35)(H,31,34)(H,37,38)(H4,26,27,28). The van der Waals surface area contributed by atoms with E-state index in [1.165, 1.54) is 0 Å². The van der Waals surface area contributed by atoms with E-state index in [1.807, 2.05) is 0 Å². The van der Waals surface area contributed by atoms with E-state index < -0.39 is 59.7 Å². The van der Waals surface area contributed by atoms with E-state index in [-0.39, 0.29) is 56.9 Å². The molecule has 14 N–H and O–H groups in total. The molecule has 0 heterocycles. The van der Waals surface area contributed by atoms with Crippen LogP contribution in [0.25, 0.3) is 0 Å². The van der Waals surface area contributed by atoms with E-state index in [9.17, 15) is 33.9 Å². The number of hydrogen-bond acceptors (Lipinski definition) is 8. The molecule has 0 aromatic carbocycles. The molecule has 16 nitrogen and oxygen atoms in total. The van der Waals surface area contributed by atoms with Crippen molar-refractivity contribution in [3.05, 3.63) is 0 Å². The van der Waals surface area contributed by atoms with Gasteiger partial charge in [0.1, 0.15) is 18.1 Å². The van der Waals surface area contributed by atoms with Gasteiger partial charge in [-0.25, -0.2) is 4.79 Å². The highest BCUT2D eigenvalue weighted by molar-refractivity contribution is 5.94. The van der Waals surface area contributed by atoms with Crippen LogP contribution in [0.5, 0.6) is 0 Å². The molecule has 5 atom stereocenters. The first-order valence-corrected chi connectivity index (χ1v) is 12.2. The number of carbonyl (C=O) groups is 6. The molecule has 16 heteroatoms. The van der Waals surface area contributed by atoms with Crippen LogP contribution >= 0.6 is 0 Å². The zero-order valence-electron chi connectivity index (χ0n) is 21.8. The number of aliphatic carboxylic acids is 1. The van der Waals surface area contributed by atoms with Gasteiger partial charge in [0.05, 0.1) is 6.04 Å². The van der Waals surface area contributed by atoms with Crippen LogP contribution in [0.1, 0.15) is 58.8 Å². The molecule has 0 bridgehead atoms. The molecule has 0 rings (SSSR count). The number of nitrogens with one attached hydrogen (secondary N) is 3. The van der Waals surface area contributed by atoms with E-state index in [2.05, 4.69) is 20.9 Å². The highest BCUT2D eigenvalue weighted by Crippen LogP contribution is 2.11. The van der Waals surface area contributed by atoms with Crippen molar-refractivity contribution in [2.45, 2.75) is 83.0 Å². The molecule has 5 unspecified atom stereocenters. The smallest absolute Gasteiger partial charge is 0.326 e. The van der Waals surface area contributed by atoms with Crippen molar-refractivity contribution >= 4 is 41.5 Å². The van der Waals surface area contributed by atoms with Gasteiger partial charge in [-0.2, -0.15) is 0 Å². The molecule has 0 aliphatic carbocycles. The van der Waals surface area contributed by atoms with Crippen molar-refractivity contribution in [1.29, 1.82) is 0 Å². The molecule has 38 heavy (non-hydrogen) atoms. The van der Waals surface area contributed by atoms with Gasteiger partial charge in [-0.1, -0.05) is 20.3 Å². The Kier molecular flexibility index (Phi) is 15.7. The Bertz CT molecular complexity index is 877. The summed E-state index contributed by atoms with van der Waals surface area (Å²) in [4.78, 5) is 76.1. The fourth-order valence-electron chi connectivity index (χ4n) is 3.24. The lowest BCUT2D eigenvalue weighted by Crippen LogP contribution is -2.58. The first kappa shape index (κ1) is 34.0. The zero-order chi connectivity index (χ0) is 29.4. The number of carboxylic acid groups (broad SMARTS) is 1. The summed E-state index contributed by atoms with van der Waals surface area (Å²) in [5.41, 5.74) is 26.6. The molecule has 0 aromatic rings. The summed E-state index contributed by atoms with van der Waals surface area (Å²) >= 11 is 0. The molecule has 0 aromatic heterocycles. The van der Waals surface area contributed by atoms with Crippen molar-refractivity contribution < 1.29 is 33.9 Å². The molecule has 0 fully saturated rings. The maximum Gasteiger partial charge on any atom is 0.326 e. The summed E-state index contributed by atoms with van der Waals surface area (Å²) in [5, 5.41) is 16.8. The lowest BCUT2D eigenvalue weighted by atomic mass is 9.96. The minimum Gasteiger partial charge on any atom is -0.480 e. The minimum absolute atomic E-state index is 0.0201. The molecule has 0 aliphatic heterocycles. The van der Waals surface area contributed by atoms with Gasteiger partial charge in [-0.15, -0.1) is 0 Å². The molecule has 0 saturated carbocycles. The number of nitrogens with zero attached hydrogens (tertiary/aromatic N) is 1. The van der Waals surface area contributed by atoms with Crippen LogP contribution < -0.4 is 44.6 Å². The summed E-state index contributed by atoms with van der Waals surface area (Å²) in [5.74, 6) is -5.52. The molecule has 5 amide bonds. The SMILES string of the molecule is CCC(C)C(NC(=O)C(N)CCC(N)=O)C(=O)NC(CCCN=C(N)N)C(=O)NC(CCC(N)=O)C(=O)O. The molecule has 0 spiro atoms. The van der Waals surface area contributed by atoms with Crippen molar-refractivity contribution in [1.82, 2.24) is 16.0 Å². The van der Waals surface area contributed by atoms with Gasteiger partial charge in [-0.3, -0.25) is 29.0 Å². The summed E-state index contributed by atoms with van der Waals surface area (Å²) in [6.45, 7) is 3.63. The second-order valence-corrected chi connectivity index (χ2v) is 8.90. The van der Waals surface area contributed by atoms with Gasteiger partial charge in [0.25, 0.3) is 0 Å². The van der Waals surface area contributed by atoms with E-state index in [4.69, 9.17) is 28.7 Å². The average molecular weight is 544 g/mol. The van der Waals surface area contributed by atoms with Gasteiger partial charge >= 0.3 is 5.97 Å². The van der Waals surface area contributed by atoms with Gasteiger partial charge in [0.2, 0.25) is 29.5 Å². The van der Waals surface area contributed by atoms with Crippen LogP contribution in [0, 0.1) is 5.92 Å². The largest absolute Gasteiger partial charge is 0.480 e. The second kappa shape index (κ2) is 17.5. The Morgan fingerprint density at radius 1 is 0.789 bits per heavy atom. The summed E-state index contributed by atoms with van der Waals surface area (Å²) in [6.07, 6.45) is 0.0750. The average Bonchev–Trinajstić information content (AvgIpc) is 2.83. The molecular weight excluding hydrogens is 502 g/mol. The predicted octanol–water partition coefficient (Wildman–Crippen LogP) is -3.52. The molecule has 216 valence electrons. The van der Waals surface area contributed by atoms with Crippen LogP contribution in [0.2, 0.25) is 0 Å². The molecular formula is C22H41N9O7. The predicted molar refractivity (Wildman–Crippen MR) is 138 cm³/mol.